The molecule has 12 heteroatoms. The lowest BCUT2D eigenvalue weighted by atomic mass is 9.81. The largest absolute Gasteiger partial charge is 0.208 e. The van der Waals surface area contributed by atoms with Gasteiger partial charge in [-0.25, -0.2) is 44.9 Å². The summed E-state index contributed by atoms with van der Waals surface area (Å²) in [6, 6.07) is 173. The summed E-state index contributed by atoms with van der Waals surface area (Å²) in [6.45, 7) is 4.71. The molecule has 0 aliphatic heterocycles. The standard InChI is InChI=1S/C54H37N3S.2C39H25N3S/c1-54(2)47-27-13-12-24-42(47)43-29-28-38(33-48(43)54)41-25-15-26-44-46-32-40(34-16-6-3-7-17-34)31-45(50(46)58-49(41)44)37-22-14-23-39(30-37)53-56-51(35-18-8-4-9-19-35)55-52(57-53)36-20-10-5-11-21-36;1-4-12-26(13-5-1)27-22-24-30(25-23-27)38-40-37(29-16-8-3-9-17-29)41-39(42-38)34-21-11-20-33-32-19-10-18-31(35(32)43-36(33)34)28-14-6-2-7-15-28;1-4-12-26(13-5-1)28-20-22-30(23-21-28)38-40-37(29-16-8-3-9-17-29)41-39(42-38)34-25-31(27-14-6-2-7-15-27)24-33-32-18-10-11-19-35(32)43-36(33)34/h3-33H,1-2H3;2*1-25H. The third kappa shape index (κ3) is 16.9. The highest BCUT2D eigenvalue weighted by molar-refractivity contribution is 7.27. The molecule has 0 atom stereocenters. The number of rotatable bonds is 16. The fraction of sp³-hybridized carbons (Fsp3) is 0.0227. The zero-order valence-corrected chi connectivity index (χ0v) is 81.0. The minimum Gasteiger partial charge on any atom is -0.208 e. The number of aromatic nitrogens is 9. The number of benzene rings is 20. The van der Waals surface area contributed by atoms with Crippen LogP contribution in [0.3, 0.4) is 0 Å². The maximum Gasteiger partial charge on any atom is 0.165 e. The van der Waals surface area contributed by atoms with Gasteiger partial charge >= 0.3 is 0 Å². The molecule has 0 saturated carbocycles. The molecule has 0 fully saturated rings. The Bertz CT molecular complexity index is 9240. The Morgan fingerprint density at radius 1 is 0.139 bits per heavy atom. The van der Waals surface area contributed by atoms with Gasteiger partial charge in [0.15, 0.2) is 52.4 Å². The van der Waals surface area contributed by atoms with Crippen molar-refractivity contribution in [1.82, 2.24) is 44.9 Å². The predicted molar refractivity (Wildman–Crippen MR) is 603 cm³/mol. The van der Waals surface area contributed by atoms with Crippen LogP contribution in [0.2, 0.25) is 0 Å². The van der Waals surface area contributed by atoms with Crippen molar-refractivity contribution >= 4 is 94.5 Å². The molecular formula is C132H87N9S3. The van der Waals surface area contributed by atoms with E-state index in [9.17, 15) is 0 Å². The molecular weight excluding hydrogens is 1810 g/mol. The minimum absolute atomic E-state index is 0.0684. The number of fused-ring (bicyclic) bond motifs is 12. The molecule has 0 spiro atoms. The van der Waals surface area contributed by atoms with E-state index >= 15 is 0 Å². The van der Waals surface area contributed by atoms with Gasteiger partial charge in [-0.3, -0.25) is 0 Å². The molecule has 6 heterocycles. The molecule has 1 aliphatic rings. The monoisotopic (exact) mass is 1890 g/mol. The molecule has 1 aliphatic carbocycles. The van der Waals surface area contributed by atoms with Crippen molar-refractivity contribution in [3.63, 3.8) is 0 Å². The van der Waals surface area contributed by atoms with Gasteiger partial charge in [-0.05, 0) is 143 Å². The van der Waals surface area contributed by atoms with Gasteiger partial charge in [0, 0.05) is 122 Å². The first-order valence-corrected chi connectivity index (χ1v) is 50.8. The van der Waals surface area contributed by atoms with Crippen LogP contribution in [0.1, 0.15) is 25.0 Å². The van der Waals surface area contributed by atoms with Gasteiger partial charge in [-0.15, -0.1) is 34.0 Å². The number of nitrogens with zero attached hydrogens (tertiary/aromatic N) is 9. The summed E-state index contributed by atoms with van der Waals surface area (Å²) >= 11 is 5.49. The van der Waals surface area contributed by atoms with Crippen molar-refractivity contribution in [2.45, 2.75) is 19.3 Å². The number of hydrogen-bond acceptors (Lipinski definition) is 12. The molecule has 144 heavy (non-hydrogen) atoms. The van der Waals surface area contributed by atoms with Crippen LogP contribution in [-0.4, -0.2) is 44.9 Å². The Balaban J connectivity index is 0.000000115. The summed E-state index contributed by atoms with van der Waals surface area (Å²) < 4.78 is 7.43. The van der Waals surface area contributed by atoms with Gasteiger partial charge in [-0.2, -0.15) is 0 Å². The van der Waals surface area contributed by atoms with E-state index in [0.717, 1.165) is 77.9 Å². The van der Waals surface area contributed by atoms with Crippen molar-refractivity contribution in [1.29, 1.82) is 0 Å². The molecule has 0 saturated heterocycles. The highest BCUT2D eigenvalue weighted by Gasteiger charge is 2.36. The molecule has 20 aromatic carbocycles. The van der Waals surface area contributed by atoms with Crippen molar-refractivity contribution in [3.05, 3.63) is 503 Å². The lowest BCUT2D eigenvalue weighted by Gasteiger charge is -2.22. The average molecular weight is 1900 g/mol. The van der Waals surface area contributed by atoms with Crippen molar-refractivity contribution < 1.29 is 0 Å². The number of hydrogen-bond donors (Lipinski definition) is 0. The third-order valence-corrected chi connectivity index (χ3v) is 31.0. The van der Waals surface area contributed by atoms with E-state index in [1.54, 1.807) is 11.3 Å². The fourth-order valence-electron chi connectivity index (χ4n) is 20.0. The van der Waals surface area contributed by atoms with E-state index in [1.165, 1.54) is 133 Å². The smallest absolute Gasteiger partial charge is 0.165 e. The zero-order chi connectivity index (χ0) is 96.0. The molecule has 0 N–H and O–H groups in total. The lowest BCUT2D eigenvalue weighted by Crippen LogP contribution is -2.14. The van der Waals surface area contributed by atoms with Crippen LogP contribution in [-0.2, 0) is 5.41 Å². The number of thiophene rings is 3. The van der Waals surface area contributed by atoms with Crippen LogP contribution in [0.15, 0.2) is 491 Å². The highest BCUT2D eigenvalue weighted by Crippen LogP contribution is 2.53. The molecule has 26 aromatic rings. The Kier molecular flexibility index (Phi) is 23.1. The normalized spacial score (nSPS) is 11.9. The van der Waals surface area contributed by atoms with E-state index < -0.39 is 0 Å². The Labute approximate surface area is 846 Å². The zero-order valence-electron chi connectivity index (χ0n) is 78.5. The second kappa shape index (κ2) is 38.0. The highest BCUT2D eigenvalue weighted by atomic mass is 32.1. The summed E-state index contributed by atoms with van der Waals surface area (Å²) in [6.07, 6.45) is 0. The maximum atomic E-state index is 5.14. The third-order valence-electron chi connectivity index (χ3n) is 27.2. The van der Waals surface area contributed by atoms with Gasteiger partial charge in [0.1, 0.15) is 0 Å². The SMILES string of the molecule is CC1(C)c2ccccc2-c2ccc(-c3cccc4c3sc3c(-c5cccc(-c6nc(-c7ccccc7)nc(-c7ccccc7)n6)c5)cc(-c5ccccc5)cc34)cc21.c1ccc(-c2ccc(-c3nc(-c4ccccc4)nc(-c4cc(-c5ccccc5)cc5c4sc4ccccc45)n3)cc2)cc1.c1ccc(-c2ccc(-c3nc(-c4ccccc4)nc(-c4cccc5c4sc4c(-c6ccccc6)cccc45)n3)cc2)cc1. The predicted octanol–water partition coefficient (Wildman–Crippen LogP) is 35.7. The van der Waals surface area contributed by atoms with E-state index in [-0.39, 0.29) is 5.41 Å². The molecule has 9 nitrogen and oxygen atoms in total. The maximum absolute atomic E-state index is 5.14. The van der Waals surface area contributed by atoms with Crippen LogP contribution in [0, 0.1) is 0 Å². The lowest BCUT2D eigenvalue weighted by molar-refractivity contribution is 0.660. The van der Waals surface area contributed by atoms with E-state index in [1.807, 2.05) is 120 Å². The van der Waals surface area contributed by atoms with Gasteiger partial charge in [0.05, 0.1) is 0 Å². The van der Waals surface area contributed by atoms with Crippen LogP contribution in [0.25, 0.3) is 252 Å². The van der Waals surface area contributed by atoms with E-state index in [2.05, 4.69) is 408 Å². The Hall–Kier alpha value is -17.9. The molecule has 0 radical (unpaired) electrons. The van der Waals surface area contributed by atoms with Crippen molar-refractivity contribution in [2.75, 3.05) is 0 Å². The van der Waals surface area contributed by atoms with Crippen LogP contribution >= 0.6 is 34.0 Å². The summed E-state index contributed by atoms with van der Waals surface area (Å²) in [5.74, 6) is 5.93. The summed E-state index contributed by atoms with van der Waals surface area (Å²) in [5, 5.41) is 7.45. The molecule has 0 bridgehead atoms. The summed E-state index contributed by atoms with van der Waals surface area (Å²) in [7, 11) is 0. The Morgan fingerprint density at radius 2 is 0.403 bits per heavy atom. The molecule has 0 amide bonds. The fourth-order valence-corrected chi connectivity index (χ4v) is 23.9. The molecule has 6 aromatic heterocycles. The van der Waals surface area contributed by atoms with Gasteiger partial charge in [0.25, 0.3) is 0 Å². The second-order valence-electron chi connectivity index (χ2n) is 36.5. The van der Waals surface area contributed by atoms with E-state index in [4.69, 9.17) is 44.9 Å². The first kappa shape index (κ1) is 87.6. The van der Waals surface area contributed by atoms with Gasteiger partial charge in [0.2, 0.25) is 0 Å². The quantitative estimate of drug-likeness (QED) is 0.0932. The summed E-state index contributed by atoms with van der Waals surface area (Å²) in [5.41, 5.74) is 30.7. The van der Waals surface area contributed by atoms with Crippen molar-refractivity contribution in [2.24, 2.45) is 0 Å². The van der Waals surface area contributed by atoms with Crippen LogP contribution in [0.4, 0.5) is 0 Å². The van der Waals surface area contributed by atoms with Gasteiger partial charge in [-0.1, -0.05) is 457 Å². The average Bonchev–Trinajstić information content (AvgIpc) is 1.57. The topological polar surface area (TPSA) is 116 Å². The van der Waals surface area contributed by atoms with Crippen LogP contribution < -0.4 is 0 Å². The second-order valence-corrected chi connectivity index (χ2v) is 39.6. The van der Waals surface area contributed by atoms with Crippen LogP contribution in [0.5, 0.6) is 0 Å². The first-order chi connectivity index (χ1) is 71.1. The Morgan fingerprint density at radius 3 is 0.868 bits per heavy atom. The molecule has 0 unspecified atom stereocenters. The van der Waals surface area contributed by atoms with Crippen molar-refractivity contribution in [3.8, 4) is 192 Å². The molecule has 678 valence electrons. The summed E-state index contributed by atoms with van der Waals surface area (Å²) in [4.78, 5) is 45.4. The minimum atomic E-state index is -0.0684. The van der Waals surface area contributed by atoms with Gasteiger partial charge < -0.3 is 0 Å². The first-order valence-electron chi connectivity index (χ1n) is 48.3. The van der Waals surface area contributed by atoms with E-state index in [0.29, 0.717) is 52.4 Å². The molecule has 27 rings (SSSR count).